The van der Waals surface area contributed by atoms with Gasteiger partial charge in [0.05, 0.1) is 11.4 Å². The average Bonchev–Trinajstić information content (AvgIpc) is 2.98. The predicted octanol–water partition coefficient (Wildman–Crippen LogP) is 4.97. The van der Waals surface area contributed by atoms with Crippen molar-refractivity contribution in [1.82, 2.24) is 25.0 Å². The first-order chi connectivity index (χ1) is 20.3. The highest BCUT2D eigenvalue weighted by atomic mass is 35.5. The zero-order valence-electron chi connectivity index (χ0n) is 23.1. The number of pyridine rings is 1. The van der Waals surface area contributed by atoms with Crippen LogP contribution in [0.15, 0.2) is 66.9 Å². The zero-order chi connectivity index (χ0) is 29.5. The number of nitrogens with zero attached hydrogens (tertiary/aromatic N) is 5. The van der Waals surface area contributed by atoms with Gasteiger partial charge in [0.25, 0.3) is 0 Å². The van der Waals surface area contributed by atoms with Crippen molar-refractivity contribution in [2.75, 3.05) is 55.7 Å². The minimum atomic E-state index is -0.481. The van der Waals surface area contributed by atoms with Gasteiger partial charge in [-0.3, -0.25) is 4.79 Å². The van der Waals surface area contributed by atoms with E-state index in [1.54, 1.807) is 42.6 Å². The van der Waals surface area contributed by atoms with E-state index in [9.17, 15) is 14.3 Å². The van der Waals surface area contributed by atoms with Crippen molar-refractivity contribution in [3.63, 3.8) is 0 Å². The fourth-order valence-corrected chi connectivity index (χ4v) is 4.74. The Morgan fingerprint density at radius 1 is 1.05 bits per heavy atom. The summed E-state index contributed by atoms with van der Waals surface area (Å²) in [4.78, 5) is 21.5. The number of hydrogen-bond acceptors (Lipinski definition) is 9. The van der Waals surface area contributed by atoms with Gasteiger partial charge in [0.15, 0.2) is 5.82 Å². The third-order valence-electron chi connectivity index (χ3n) is 6.93. The maximum Gasteiger partial charge on any atom is 0.226 e. The number of halogens is 2. The lowest BCUT2D eigenvalue weighted by atomic mass is 10.1. The van der Waals surface area contributed by atoms with Crippen LogP contribution in [0, 0.1) is 5.82 Å². The molecule has 0 aliphatic carbocycles. The second-order valence-corrected chi connectivity index (χ2v) is 10.6. The summed E-state index contributed by atoms with van der Waals surface area (Å²) in [5.74, 6) is 0.363. The number of carbonyl (C=O) groups is 1. The lowest BCUT2D eigenvalue weighted by Gasteiger charge is -2.32. The number of piperazine rings is 1. The Bertz CT molecular complexity index is 1550. The fourth-order valence-electron chi connectivity index (χ4n) is 4.56. The molecule has 2 aromatic heterocycles. The van der Waals surface area contributed by atoms with Crippen LogP contribution in [0.2, 0.25) is 5.02 Å². The molecule has 2 aromatic carbocycles. The quantitative estimate of drug-likeness (QED) is 0.203. The van der Waals surface area contributed by atoms with E-state index in [-0.39, 0.29) is 22.9 Å². The van der Waals surface area contributed by atoms with Crippen LogP contribution in [0.1, 0.15) is 12.0 Å². The summed E-state index contributed by atoms with van der Waals surface area (Å²) in [6.45, 7) is 4.94. The Morgan fingerprint density at radius 3 is 2.69 bits per heavy atom. The van der Waals surface area contributed by atoms with Gasteiger partial charge in [0.1, 0.15) is 17.4 Å². The number of aromatic hydroxyl groups is 1. The van der Waals surface area contributed by atoms with Crippen molar-refractivity contribution in [2.45, 2.75) is 13.0 Å². The maximum absolute atomic E-state index is 14.7. The molecule has 3 heterocycles. The number of nitrogens with one attached hydrogen (secondary N) is 3. The Kier molecular flexibility index (Phi) is 9.42. The minimum Gasteiger partial charge on any atom is -0.508 e. The zero-order valence-corrected chi connectivity index (χ0v) is 23.9. The van der Waals surface area contributed by atoms with Crippen LogP contribution >= 0.6 is 11.6 Å². The van der Waals surface area contributed by atoms with Crippen LogP contribution in [0.4, 0.5) is 27.4 Å². The van der Waals surface area contributed by atoms with Crippen molar-refractivity contribution in [3.05, 3.63) is 83.3 Å². The van der Waals surface area contributed by atoms with Crippen molar-refractivity contribution in [3.8, 4) is 17.0 Å². The van der Waals surface area contributed by atoms with Crippen LogP contribution in [0.25, 0.3) is 11.3 Å². The predicted molar refractivity (Wildman–Crippen MR) is 163 cm³/mol. The van der Waals surface area contributed by atoms with Gasteiger partial charge in [0.2, 0.25) is 5.91 Å². The summed E-state index contributed by atoms with van der Waals surface area (Å²) >= 11 is 6.12. The first-order valence-corrected chi connectivity index (χ1v) is 14.0. The molecular weight excluding hydrogens is 559 g/mol. The lowest BCUT2D eigenvalue weighted by molar-refractivity contribution is -0.116. The molecule has 1 fully saturated rings. The number of carbonyl (C=O) groups excluding carboxylic acids is 1. The highest BCUT2D eigenvalue weighted by Gasteiger charge is 2.16. The number of benzene rings is 2. The first kappa shape index (κ1) is 29.2. The monoisotopic (exact) mass is 590 g/mol. The van der Waals surface area contributed by atoms with Gasteiger partial charge in [-0.1, -0.05) is 23.7 Å². The van der Waals surface area contributed by atoms with Crippen LogP contribution in [-0.4, -0.2) is 75.8 Å². The lowest BCUT2D eigenvalue weighted by Crippen LogP contribution is -2.45. The van der Waals surface area contributed by atoms with Crippen molar-refractivity contribution in [1.29, 1.82) is 0 Å². The Morgan fingerprint density at radius 2 is 1.88 bits per heavy atom. The molecule has 1 aliphatic rings. The van der Waals surface area contributed by atoms with Gasteiger partial charge in [-0.05, 0) is 55.1 Å². The topological polar surface area (TPSA) is 119 Å². The highest BCUT2D eigenvalue weighted by molar-refractivity contribution is 6.30. The van der Waals surface area contributed by atoms with Gasteiger partial charge in [-0.15, -0.1) is 10.2 Å². The average molecular weight is 591 g/mol. The molecule has 4 aromatic rings. The summed E-state index contributed by atoms with van der Waals surface area (Å²) in [5.41, 5.74) is 2.47. The van der Waals surface area contributed by atoms with Crippen LogP contribution < -0.4 is 16.0 Å². The van der Waals surface area contributed by atoms with E-state index in [0.29, 0.717) is 47.5 Å². The van der Waals surface area contributed by atoms with E-state index in [2.05, 4.69) is 48.0 Å². The number of rotatable bonds is 10. The van der Waals surface area contributed by atoms with Crippen LogP contribution in [-0.2, 0) is 11.3 Å². The van der Waals surface area contributed by atoms with E-state index >= 15 is 0 Å². The molecule has 1 amide bonds. The minimum absolute atomic E-state index is 0.114. The van der Waals surface area contributed by atoms with Gasteiger partial charge in [0, 0.05) is 74.2 Å². The molecule has 0 unspecified atom stereocenters. The largest absolute Gasteiger partial charge is 0.508 e. The fraction of sp³-hybridized carbons (Fsp3) is 0.267. The van der Waals surface area contributed by atoms with Crippen molar-refractivity contribution in [2.24, 2.45) is 0 Å². The molecule has 0 saturated carbocycles. The second kappa shape index (κ2) is 13.6. The van der Waals surface area contributed by atoms with Gasteiger partial charge < -0.3 is 30.9 Å². The summed E-state index contributed by atoms with van der Waals surface area (Å²) in [6, 6.07) is 16.2. The van der Waals surface area contributed by atoms with Crippen molar-refractivity contribution >= 4 is 40.5 Å². The summed E-state index contributed by atoms with van der Waals surface area (Å²) in [6.07, 6.45) is 1.96. The number of likely N-dealkylation sites (N-methyl/N-ethyl adjacent to an activating group) is 1. The third-order valence-corrected chi connectivity index (χ3v) is 7.16. The smallest absolute Gasteiger partial charge is 0.226 e. The molecule has 42 heavy (non-hydrogen) atoms. The molecule has 5 rings (SSSR count). The molecule has 218 valence electrons. The molecule has 1 saturated heterocycles. The Labute approximate surface area is 248 Å². The van der Waals surface area contributed by atoms with Gasteiger partial charge in [-0.2, -0.15) is 0 Å². The number of phenols is 1. The number of hydrogen-bond donors (Lipinski definition) is 4. The normalized spacial score (nSPS) is 14.0. The molecule has 0 atom stereocenters. The summed E-state index contributed by atoms with van der Waals surface area (Å²) < 4.78 is 14.7. The molecule has 0 radical (unpaired) electrons. The van der Waals surface area contributed by atoms with Crippen LogP contribution in [0.3, 0.4) is 0 Å². The number of aromatic nitrogens is 3. The standard InChI is InChI=1S/C30H32ClFN8O2/c1-39-11-13-40(14-12-39)10-8-29(42)36-28-17-22(7-9-33-28)35-27-18-26(24-16-21(31)5-6-25(24)32)37-38-30(27)34-19-20-3-2-4-23(41)15-20/h2-7,9,15-18,41H,8,10-14,19H2,1H3,(H,34,38)(H2,33,35,36,37,42). The second-order valence-electron chi connectivity index (χ2n) is 10.1. The SMILES string of the molecule is CN1CCN(CCC(=O)Nc2cc(Nc3cc(-c4cc(Cl)ccc4F)nnc3NCc3cccc(O)c3)ccn2)CC1. The molecule has 0 bridgehead atoms. The number of amides is 1. The van der Waals surface area contributed by atoms with Gasteiger partial charge in [-0.25, -0.2) is 9.37 Å². The molecule has 1 aliphatic heterocycles. The Hall–Kier alpha value is -4.32. The van der Waals surface area contributed by atoms with E-state index in [1.165, 1.54) is 18.2 Å². The maximum atomic E-state index is 14.7. The Balaban J connectivity index is 1.33. The first-order valence-electron chi connectivity index (χ1n) is 13.6. The van der Waals surface area contributed by atoms with Crippen LogP contribution in [0.5, 0.6) is 5.75 Å². The highest BCUT2D eigenvalue weighted by Crippen LogP contribution is 2.31. The molecular formula is C30H32ClFN8O2. The molecule has 12 heteroatoms. The third kappa shape index (κ3) is 7.90. The van der Waals surface area contributed by atoms with E-state index in [4.69, 9.17) is 11.6 Å². The summed E-state index contributed by atoms with van der Waals surface area (Å²) in [7, 11) is 2.10. The van der Waals surface area contributed by atoms with E-state index in [1.807, 2.05) is 6.07 Å². The van der Waals surface area contributed by atoms with Crippen molar-refractivity contribution < 1.29 is 14.3 Å². The molecule has 0 spiro atoms. The number of anilines is 4. The molecule has 4 N–H and O–H groups in total. The van der Waals surface area contributed by atoms with Gasteiger partial charge >= 0.3 is 0 Å². The number of phenolic OH excluding ortho intramolecular Hbond substituents is 1. The van der Waals surface area contributed by atoms with E-state index in [0.717, 1.165) is 31.7 Å². The van der Waals surface area contributed by atoms with E-state index < -0.39 is 5.82 Å². The molecule has 10 nitrogen and oxygen atoms in total. The summed E-state index contributed by atoms with van der Waals surface area (Å²) in [5, 5.41) is 28.1.